The zero-order chi connectivity index (χ0) is 46.6. The van der Waals surface area contributed by atoms with Gasteiger partial charge in [0.2, 0.25) is 0 Å². The Bertz CT molecular complexity index is 1000. The highest BCUT2D eigenvalue weighted by Crippen LogP contribution is 2.22. The minimum Gasteiger partial charge on any atom is -0.466 e. The summed E-state index contributed by atoms with van der Waals surface area (Å²) in [6.07, 6.45) is 39.1. The number of aliphatic hydroxyl groups excluding tert-OH is 3. The molecule has 1 aliphatic heterocycles. The summed E-state index contributed by atoms with van der Waals surface area (Å²) in [7, 11) is 0. The molecule has 0 aromatic carbocycles. The van der Waals surface area contributed by atoms with Crippen LogP contribution in [0.25, 0.3) is 0 Å². The van der Waals surface area contributed by atoms with E-state index in [1.165, 1.54) is 109 Å². The van der Waals surface area contributed by atoms with E-state index < -0.39 is 24.6 Å². The maximum Gasteiger partial charge on any atom is 0.306 e. The number of hydrogen-bond acceptors (Lipinski definition) is 10. The van der Waals surface area contributed by atoms with Crippen molar-refractivity contribution in [2.45, 2.75) is 295 Å². The smallest absolute Gasteiger partial charge is 0.306 e. The lowest BCUT2D eigenvalue weighted by Gasteiger charge is -2.36. The van der Waals surface area contributed by atoms with Gasteiger partial charge in [0.05, 0.1) is 19.3 Å². The van der Waals surface area contributed by atoms with Crippen LogP contribution in [0.1, 0.15) is 265 Å². The molecular formula is C54H105NO9. The van der Waals surface area contributed by atoms with E-state index >= 15 is 0 Å². The van der Waals surface area contributed by atoms with Crippen molar-refractivity contribution in [3.05, 3.63) is 0 Å². The van der Waals surface area contributed by atoms with Crippen LogP contribution in [-0.2, 0) is 28.5 Å². The van der Waals surface area contributed by atoms with Crippen LogP contribution in [0.15, 0.2) is 0 Å². The molecule has 0 amide bonds. The van der Waals surface area contributed by atoms with Crippen LogP contribution in [0.5, 0.6) is 0 Å². The standard InChI is InChI=1S/C54H105NO9/c1-4-7-10-13-16-17-18-27-35-44-61-52(59)39-30-23-19-25-32-41-55(43-34-36-45-62-54-50(58)46-49(57)51(47-56)64-54)42-33-26-20-24-31-40-53(60)63-48(37-28-21-14-11-8-5-2)38-29-22-15-12-9-6-3/h48-51,54,56-58H,4-47H2,1-3H3/t49?,50-,51+,54?/m0/s1. The van der Waals surface area contributed by atoms with Gasteiger partial charge in [-0.15, -0.1) is 0 Å². The van der Waals surface area contributed by atoms with Gasteiger partial charge in [-0.2, -0.15) is 0 Å². The Hall–Kier alpha value is -1.30. The van der Waals surface area contributed by atoms with Gasteiger partial charge < -0.3 is 39.2 Å². The first kappa shape index (κ1) is 60.7. The molecule has 1 aliphatic rings. The molecule has 0 aromatic heterocycles. The molecule has 10 heteroatoms. The normalized spacial score (nSPS) is 17.8. The van der Waals surface area contributed by atoms with Crippen LogP contribution in [-0.4, -0.2) is 102 Å². The van der Waals surface area contributed by atoms with Gasteiger partial charge in [0.25, 0.3) is 0 Å². The van der Waals surface area contributed by atoms with Gasteiger partial charge in [0.1, 0.15) is 18.3 Å². The summed E-state index contributed by atoms with van der Waals surface area (Å²) in [6, 6.07) is 0. The predicted octanol–water partition coefficient (Wildman–Crippen LogP) is 13.1. The molecule has 10 nitrogen and oxygen atoms in total. The first-order chi connectivity index (χ1) is 31.3. The molecule has 1 saturated heterocycles. The third-order valence-corrected chi connectivity index (χ3v) is 13.1. The number of carbonyl (C=O) groups excluding carboxylic acids is 2. The number of aliphatic hydroxyl groups is 3. The number of carbonyl (C=O) groups is 2. The monoisotopic (exact) mass is 912 g/mol. The first-order valence-corrected chi connectivity index (χ1v) is 27.7. The van der Waals surface area contributed by atoms with Crippen LogP contribution < -0.4 is 0 Å². The molecule has 0 bridgehead atoms. The number of hydrogen-bond donors (Lipinski definition) is 3. The van der Waals surface area contributed by atoms with Crippen molar-refractivity contribution in [3.63, 3.8) is 0 Å². The molecule has 380 valence electrons. The van der Waals surface area contributed by atoms with Crippen molar-refractivity contribution in [2.75, 3.05) is 39.5 Å². The van der Waals surface area contributed by atoms with Crippen molar-refractivity contribution in [3.8, 4) is 0 Å². The average Bonchev–Trinajstić information content (AvgIpc) is 3.28. The van der Waals surface area contributed by atoms with E-state index in [9.17, 15) is 24.9 Å². The van der Waals surface area contributed by atoms with E-state index in [1.807, 2.05) is 0 Å². The molecule has 1 fully saturated rings. The molecule has 1 heterocycles. The Morgan fingerprint density at radius 3 is 1.42 bits per heavy atom. The van der Waals surface area contributed by atoms with E-state index in [2.05, 4.69) is 25.7 Å². The lowest BCUT2D eigenvalue weighted by atomic mass is 10.0. The lowest BCUT2D eigenvalue weighted by Crippen LogP contribution is -2.49. The summed E-state index contributed by atoms with van der Waals surface area (Å²) in [5.74, 6) is -0.0481. The molecular weight excluding hydrogens is 807 g/mol. The molecule has 0 aliphatic carbocycles. The quantitative estimate of drug-likeness (QED) is 0.0400. The number of nitrogens with zero attached hydrogens (tertiary/aromatic N) is 1. The number of esters is 2. The second-order valence-corrected chi connectivity index (χ2v) is 19.3. The van der Waals surface area contributed by atoms with E-state index in [0.717, 1.165) is 135 Å². The fourth-order valence-electron chi connectivity index (χ4n) is 8.90. The first-order valence-electron chi connectivity index (χ1n) is 27.7. The highest BCUT2D eigenvalue weighted by molar-refractivity contribution is 5.69. The Morgan fingerprint density at radius 1 is 0.516 bits per heavy atom. The van der Waals surface area contributed by atoms with Crippen molar-refractivity contribution in [1.29, 1.82) is 0 Å². The fraction of sp³-hybridized carbons (Fsp3) is 0.963. The summed E-state index contributed by atoms with van der Waals surface area (Å²) in [5.41, 5.74) is 0. The SMILES string of the molecule is CCCCCCCCCCCOC(=O)CCCCCCCN(CCCCCCCC(=O)OC(CCCCCCCC)CCCCCCCC)CCCCOC1O[C@H](CO)C(O)C[C@@H]1O. The lowest BCUT2D eigenvalue weighted by molar-refractivity contribution is -0.270. The Kier molecular flexibility index (Phi) is 43.1. The van der Waals surface area contributed by atoms with Crippen LogP contribution in [0, 0.1) is 0 Å². The zero-order valence-corrected chi connectivity index (χ0v) is 42.2. The van der Waals surface area contributed by atoms with Crippen LogP contribution >= 0.6 is 0 Å². The van der Waals surface area contributed by atoms with E-state index in [1.54, 1.807) is 0 Å². The van der Waals surface area contributed by atoms with Gasteiger partial charge in [-0.05, 0) is 90.3 Å². The van der Waals surface area contributed by atoms with Gasteiger partial charge in [-0.25, -0.2) is 0 Å². The van der Waals surface area contributed by atoms with Crippen LogP contribution in [0.2, 0.25) is 0 Å². The molecule has 4 atom stereocenters. The van der Waals surface area contributed by atoms with Gasteiger partial charge in [-0.1, -0.05) is 175 Å². The number of rotatable bonds is 48. The maximum atomic E-state index is 12.9. The number of ether oxygens (including phenoxy) is 4. The molecule has 2 unspecified atom stereocenters. The van der Waals surface area contributed by atoms with Crippen LogP contribution in [0.3, 0.4) is 0 Å². The highest BCUT2D eigenvalue weighted by atomic mass is 16.7. The maximum absolute atomic E-state index is 12.9. The minimum absolute atomic E-state index is 0.00300. The van der Waals surface area contributed by atoms with Crippen molar-refractivity contribution >= 4 is 11.9 Å². The molecule has 0 radical (unpaired) electrons. The largest absolute Gasteiger partial charge is 0.466 e. The van der Waals surface area contributed by atoms with Crippen molar-refractivity contribution in [2.24, 2.45) is 0 Å². The Morgan fingerprint density at radius 2 is 0.922 bits per heavy atom. The summed E-state index contributed by atoms with van der Waals surface area (Å²) in [5, 5.41) is 29.8. The summed E-state index contributed by atoms with van der Waals surface area (Å²) >= 11 is 0. The topological polar surface area (TPSA) is 135 Å². The summed E-state index contributed by atoms with van der Waals surface area (Å²) in [6.45, 7) is 10.6. The van der Waals surface area contributed by atoms with Crippen molar-refractivity contribution in [1.82, 2.24) is 4.90 Å². The summed E-state index contributed by atoms with van der Waals surface area (Å²) < 4.78 is 23.0. The van der Waals surface area contributed by atoms with Gasteiger partial charge in [0, 0.05) is 25.9 Å². The minimum atomic E-state index is -0.906. The molecule has 0 saturated carbocycles. The Labute approximate surface area is 394 Å². The molecule has 3 N–H and O–H groups in total. The average molecular weight is 912 g/mol. The van der Waals surface area contributed by atoms with Gasteiger partial charge in [0.15, 0.2) is 6.29 Å². The van der Waals surface area contributed by atoms with Gasteiger partial charge in [-0.3, -0.25) is 9.59 Å². The predicted molar refractivity (Wildman–Crippen MR) is 263 cm³/mol. The van der Waals surface area contributed by atoms with E-state index in [4.69, 9.17) is 18.9 Å². The second kappa shape index (κ2) is 45.5. The van der Waals surface area contributed by atoms with E-state index in [0.29, 0.717) is 26.1 Å². The molecule has 64 heavy (non-hydrogen) atoms. The molecule has 1 rings (SSSR count). The van der Waals surface area contributed by atoms with Crippen molar-refractivity contribution < 1.29 is 43.9 Å². The fourth-order valence-corrected chi connectivity index (χ4v) is 8.90. The van der Waals surface area contributed by atoms with E-state index in [-0.39, 0.29) is 31.1 Å². The number of unbranched alkanes of at least 4 members (excludes halogenated alkanes) is 27. The summed E-state index contributed by atoms with van der Waals surface area (Å²) in [4.78, 5) is 27.7. The molecule has 0 aromatic rings. The van der Waals surface area contributed by atoms with Crippen LogP contribution in [0.4, 0.5) is 0 Å². The van der Waals surface area contributed by atoms with Gasteiger partial charge >= 0.3 is 11.9 Å². The third kappa shape index (κ3) is 36.8. The second-order valence-electron chi connectivity index (χ2n) is 19.3. The zero-order valence-electron chi connectivity index (χ0n) is 42.2. The third-order valence-electron chi connectivity index (χ3n) is 13.1. The Balaban J connectivity index is 2.37. The molecule has 0 spiro atoms. The highest BCUT2D eigenvalue weighted by Gasteiger charge is 2.36.